The maximum absolute atomic E-state index is 11.8. The van der Waals surface area contributed by atoms with E-state index in [4.69, 9.17) is 11.6 Å². The van der Waals surface area contributed by atoms with Crippen LogP contribution < -0.4 is 15.5 Å². The lowest BCUT2D eigenvalue weighted by molar-refractivity contribution is -0.122. The van der Waals surface area contributed by atoms with Gasteiger partial charge < -0.3 is 15.5 Å². The van der Waals surface area contributed by atoms with Crippen LogP contribution in [0.2, 0.25) is 5.02 Å². The molecule has 5 heteroatoms. The Bertz CT molecular complexity index is 516. The second-order valence-corrected chi connectivity index (χ2v) is 6.03. The molecule has 0 radical (unpaired) electrons. The molecular weight excluding hydrogens is 274 g/mol. The molecule has 1 aliphatic carbocycles. The molecule has 2 N–H and O–H groups in total. The van der Waals surface area contributed by atoms with E-state index in [0.717, 1.165) is 18.8 Å². The van der Waals surface area contributed by atoms with Crippen molar-refractivity contribution in [2.24, 2.45) is 0 Å². The lowest BCUT2D eigenvalue weighted by atomic mass is 10.1. The standard InChI is InChI=1S/C15H20ClN3O/c1-10-15(20)17-6-7-19(10)14-8-12(16)3-2-11(14)9-18-13-4-5-13/h2-3,8,10,13,18H,4-7,9H2,1H3,(H,17,20). The van der Waals surface area contributed by atoms with E-state index in [0.29, 0.717) is 17.6 Å². The first-order valence-corrected chi connectivity index (χ1v) is 7.59. The normalized spacial score (nSPS) is 22.8. The van der Waals surface area contributed by atoms with E-state index in [1.165, 1.54) is 18.4 Å². The first kappa shape index (κ1) is 13.7. The molecule has 1 saturated carbocycles. The first-order valence-electron chi connectivity index (χ1n) is 7.21. The summed E-state index contributed by atoms with van der Waals surface area (Å²) >= 11 is 6.15. The van der Waals surface area contributed by atoms with Crippen LogP contribution in [0.3, 0.4) is 0 Å². The van der Waals surface area contributed by atoms with E-state index in [-0.39, 0.29) is 11.9 Å². The van der Waals surface area contributed by atoms with Gasteiger partial charge in [-0.05, 0) is 37.5 Å². The van der Waals surface area contributed by atoms with E-state index in [1.54, 1.807) is 0 Å². The van der Waals surface area contributed by atoms with Crippen molar-refractivity contribution in [1.29, 1.82) is 0 Å². The number of nitrogens with one attached hydrogen (secondary N) is 2. The number of carbonyl (C=O) groups is 1. The first-order chi connectivity index (χ1) is 9.65. The van der Waals surface area contributed by atoms with Crippen LogP contribution in [0, 0.1) is 0 Å². The minimum Gasteiger partial charge on any atom is -0.358 e. The van der Waals surface area contributed by atoms with Gasteiger partial charge in [0.25, 0.3) is 0 Å². The highest BCUT2D eigenvalue weighted by Gasteiger charge is 2.27. The average molecular weight is 294 g/mol. The van der Waals surface area contributed by atoms with Crippen LogP contribution in [-0.4, -0.2) is 31.1 Å². The van der Waals surface area contributed by atoms with Crippen molar-refractivity contribution in [3.8, 4) is 0 Å². The Morgan fingerprint density at radius 1 is 1.45 bits per heavy atom. The number of anilines is 1. The fourth-order valence-electron chi connectivity index (χ4n) is 2.61. The average Bonchev–Trinajstić information content (AvgIpc) is 3.25. The summed E-state index contributed by atoms with van der Waals surface area (Å²) in [5.41, 5.74) is 2.29. The molecule has 1 heterocycles. The zero-order valence-corrected chi connectivity index (χ0v) is 12.4. The molecule has 1 saturated heterocycles. The number of hydrogen-bond donors (Lipinski definition) is 2. The van der Waals surface area contributed by atoms with Gasteiger partial charge in [-0.2, -0.15) is 0 Å². The molecule has 3 rings (SSSR count). The molecule has 2 fully saturated rings. The van der Waals surface area contributed by atoms with Gasteiger partial charge in [0.2, 0.25) is 5.91 Å². The number of hydrogen-bond acceptors (Lipinski definition) is 3. The van der Waals surface area contributed by atoms with Crippen LogP contribution in [-0.2, 0) is 11.3 Å². The molecule has 1 amide bonds. The Labute approximate surface area is 124 Å². The van der Waals surface area contributed by atoms with Crippen LogP contribution in [0.4, 0.5) is 5.69 Å². The molecule has 1 unspecified atom stereocenters. The second kappa shape index (κ2) is 5.62. The minimum atomic E-state index is -0.151. The molecule has 1 aromatic carbocycles. The molecule has 108 valence electrons. The molecule has 0 spiro atoms. The van der Waals surface area contributed by atoms with Gasteiger partial charge in [-0.15, -0.1) is 0 Å². The van der Waals surface area contributed by atoms with E-state index in [9.17, 15) is 4.79 Å². The summed E-state index contributed by atoms with van der Waals surface area (Å²) in [4.78, 5) is 14.0. The van der Waals surface area contributed by atoms with E-state index in [1.807, 2.05) is 19.1 Å². The Morgan fingerprint density at radius 2 is 2.25 bits per heavy atom. The predicted molar refractivity (Wildman–Crippen MR) is 81.1 cm³/mol. The Hall–Kier alpha value is -1.26. The van der Waals surface area contributed by atoms with Gasteiger partial charge in [-0.1, -0.05) is 17.7 Å². The number of halogens is 1. The summed E-state index contributed by atoms with van der Waals surface area (Å²) in [6.07, 6.45) is 2.54. The number of amides is 1. The van der Waals surface area contributed by atoms with Gasteiger partial charge in [-0.3, -0.25) is 4.79 Å². The van der Waals surface area contributed by atoms with E-state index in [2.05, 4.69) is 21.6 Å². The fourth-order valence-corrected chi connectivity index (χ4v) is 2.77. The van der Waals surface area contributed by atoms with Crippen molar-refractivity contribution >= 4 is 23.2 Å². The number of rotatable bonds is 4. The minimum absolute atomic E-state index is 0.0809. The van der Waals surface area contributed by atoms with Gasteiger partial charge in [-0.25, -0.2) is 0 Å². The van der Waals surface area contributed by atoms with Crippen LogP contribution in [0.25, 0.3) is 0 Å². The van der Waals surface area contributed by atoms with E-state index >= 15 is 0 Å². The molecular formula is C15H20ClN3O. The maximum atomic E-state index is 11.8. The smallest absolute Gasteiger partial charge is 0.242 e. The molecule has 20 heavy (non-hydrogen) atoms. The second-order valence-electron chi connectivity index (χ2n) is 5.59. The maximum Gasteiger partial charge on any atom is 0.242 e. The van der Waals surface area contributed by atoms with Crippen LogP contribution in [0.1, 0.15) is 25.3 Å². The topological polar surface area (TPSA) is 44.4 Å². The van der Waals surface area contributed by atoms with Crippen molar-refractivity contribution in [3.05, 3.63) is 28.8 Å². The summed E-state index contributed by atoms with van der Waals surface area (Å²) < 4.78 is 0. The third kappa shape index (κ3) is 2.91. The summed E-state index contributed by atoms with van der Waals surface area (Å²) in [5, 5.41) is 7.14. The summed E-state index contributed by atoms with van der Waals surface area (Å²) in [5.74, 6) is 0.0809. The van der Waals surface area contributed by atoms with Crippen LogP contribution in [0.15, 0.2) is 18.2 Å². The number of carbonyl (C=O) groups excluding carboxylic acids is 1. The quantitative estimate of drug-likeness (QED) is 0.891. The Morgan fingerprint density at radius 3 is 3.00 bits per heavy atom. The van der Waals surface area contributed by atoms with Gasteiger partial charge in [0.1, 0.15) is 6.04 Å². The third-order valence-corrected chi connectivity index (χ3v) is 4.25. The lowest BCUT2D eigenvalue weighted by Gasteiger charge is -2.36. The van der Waals surface area contributed by atoms with Gasteiger partial charge >= 0.3 is 0 Å². The van der Waals surface area contributed by atoms with Crippen molar-refractivity contribution in [3.63, 3.8) is 0 Å². The van der Waals surface area contributed by atoms with Gasteiger partial charge in [0.05, 0.1) is 0 Å². The number of nitrogens with zero attached hydrogens (tertiary/aromatic N) is 1. The third-order valence-electron chi connectivity index (χ3n) is 4.01. The van der Waals surface area contributed by atoms with Crippen molar-refractivity contribution < 1.29 is 4.79 Å². The van der Waals surface area contributed by atoms with Gasteiger partial charge in [0.15, 0.2) is 0 Å². The molecule has 4 nitrogen and oxygen atoms in total. The van der Waals surface area contributed by atoms with Crippen molar-refractivity contribution in [2.75, 3.05) is 18.0 Å². The van der Waals surface area contributed by atoms with Crippen LogP contribution >= 0.6 is 11.6 Å². The molecule has 1 atom stereocenters. The van der Waals surface area contributed by atoms with Crippen LogP contribution in [0.5, 0.6) is 0 Å². The summed E-state index contributed by atoms with van der Waals surface area (Å²) in [6, 6.07) is 6.47. The zero-order chi connectivity index (χ0) is 14.1. The Kier molecular flexibility index (Phi) is 3.85. The molecule has 2 aliphatic rings. The molecule has 0 aromatic heterocycles. The Balaban J connectivity index is 1.84. The molecule has 1 aliphatic heterocycles. The highest BCUT2D eigenvalue weighted by atomic mass is 35.5. The van der Waals surface area contributed by atoms with Crippen molar-refractivity contribution in [2.45, 2.75) is 38.4 Å². The predicted octanol–water partition coefficient (Wildman–Crippen LogP) is 1.92. The van der Waals surface area contributed by atoms with E-state index < -0.39 is 0 Å². The van der Waals surface area contributed by atoms with Gasteiger partial charge in [0, 0.05) is 36.4 Å². The fraction of sp³-hybridized carbons (Fsp3) is 0.533. The highest BCUT2D eigenvalue weighted by Crippen LogP contribution is 2.28. The highest BCUT2D eigenvalue weighted by molar-refractivity contribution is 6.30. The molecule has 0 bridgehead atoms. The monoisotopic (exact) mass is 293 g/mol. The number of piperazine rings is 1. The SMILES string of the molecule is CC1C(=O)NCCN1c1cc(Cl)ccc1CNC1CC1. The lowest BCUT2D eigenvalue weighted by Crippen LogP contribution is -2.54. The van der Waals surface area contributed by atoms with Crippen molar-refractivity contribution in [1.82, 2.24) is 10.6 Å². The summed E-state index contributed by atoms with van der Waals surface area (Å²) in [7, 11) is 0. The zero-order valence-electron chi connectivity index (χ0n) is 11.7. The summed E-state index contributed by atoms with van der Waals surface area (Å²) in [6.45, 7) is 4.28. The molecule has 1 aromatic rings. The largest absolute Gasteiger partial charge is 0.358 e. The number of benzene rings is 1.